The highest BCUT2D eigenvalue weighted by Crippen LogP contribution is 2.18. The zero-order valence-corrected chi connectivity index (χ0v) is 11.7. The Morgan fingerprint density at radius 1 is 1.63 bits per heavy atom. The summed E-state index contributed by atoms with van der Waals surface area (Å²) in [5.74, 6) is -0.237. The number of hydrogen-bond donors (Lipinski definition) is 1. The number of ether oxygens (including phenoxy) is 1. The fourth-order valence-electron chi connectivity index (χ4n) is 2.10. The second kappa shape index (κ2) is 6.68. The number of thiophene rings is 1. The molecule has 2 heterocycles. The highest BCUT2D eigenvalue weighted by molar-refractivity contribution is 7.09. The summed E-state index contributed by atoms with van der Waals surface area (Å²) in [6.45, 7) is 2.11. The van der Waals surface area contributed by atoms with Gasteiger partial charge in [0.05, 0.1) is 19.1 Å². The zero-order valence-electron chi connectivity index (χ0n) is 10.9. The van der Waals surface area contributed by atoms with Crippen LogP contribution in [0.4, 0.5) is 0 Å². The Morgan fingerprint density at radius 3 is 3.16 bits per heavy atom. The molecule has 1 aliphatic rings. The smallest absolute Gasteiger partial charge is 0.225 e. The van der Waals surface area contributed by atoms with Gasteiger partial charge in [0.2, 0.25) is 11.8 Å². The highest BCUT2D eigenvalue weighted by atomic mass is 32.1. The fourth-order valence-corrected chi connectivity index (χ4v) is 2.74. The van der Waals surface area contributed by atoms with E-state index >= 15 is 0 Å². The van der Waals surface area contributed by atoms with Crippen molar-refractivity contribution in [2.75, 3.05) is 26.8 Å². The van der Waals surface area contributed by atoms with Gasteiger partial charge in [-0.2, -0.15) is 0 Å². The van der Waals surface area contributed by atoms with Gasteiger partial charge in [-0.3, -0.25) is 9.59 Å². The second-order valence-electron chi connectivity index (χ2n) is 4.53. The molecule has 0 aromatic carbocycles. The van der Waals surface area contributed by atoms with Crippen molar-refractivity contribution in [2.24, 2.45) is 5.92 Å². The van der Waals surface area contributed by atoms with Crippen molar-refractivity contribution in [3.05, 3.63) is 22.4 Å². The third-order valence-electron chi connectivity index (χ3n) is 3.17. The molecule has 1 aliphatic heterocycles. The van der Waals surface area contributed by atoms with Crippen molar-refractivity contribution < 1.29 is 14.3 Å². The fraction of sp³-hybridized carbons (Fsp3) is 0.538. The van der Waals surface area contributed by atoms with Crippen LogP contribution in [0.5, 0.6) is 0 Å². The van der Waals surface area contributed by atoms with E-state index in [0.29, 0.717) is 32.7 Å². The summed E-state index contributed by atoms with van der Waals surface area (Å²) in [5, 5.41) is 4.86. The van der Waals surface area contributed by atoms with Crippen molar-refractivity contribution in [2.45, 2.75) is 13.0 Å². The maximum absolute atomic E-state index is 12.0. The number of nitrogens with zero attached hydrogens (tertiary/aromatic N) is 1. The van der Waals surface area contributed by atoms with Crippen LogP contribution in [0.15, 0.2) is 17.5 Å². The molecule has 1 aromatic heterocycles. The first-order chi connectivity index (χ1) is 9.20. The van der Waals surface area contributed by atoms with Crippen molar-refractivity contribution in [3.63, 3.8) is 0 Å². The van der Waals surface area contributed by atoms with Crippen molar-refractivity contribution in [3.8, 4) is 0 Å². The van der Waals surface area contributed by atoms with Crippen molar-refractivity contribution in [1.82, 2.24) is 10.2 Å². The number of likely N-dealkylation sites (tertiary alicyclic amines) is 1. The minimum absolute atomic E-state index is 0.0355. The SMILES string of the molecule is COCCN1C[C@H](C(=O)NCc2cccs2)CC1=O. The van der Waals surface area contributed by atoms with E-state index in [1.54, 1.807) is 23.3 Å². The van der Waals surface area contributed by atoms with Gasteiger partial charge in [0, 0.05) is 31.5 Å². The molecule has 1 aromatic rings. The predicted molar refractivity (Wildman–Crippen MR) is 72.7 cm³/mol. The Morgan fingerprint density at radius 2 is 2.47 bits per heavy atom. The Labute approximate surface area is 116 Å². The molecule has 2 rings (SSSR count). The summed E-state index contributed by atoms with van der Waals surface area (Å²) in [6.07, 6.45) is 0.306. The molecule has 1 N–H and O–H groups in total. The van der Waals surface area contributed by atoms with Crippen molar-refractivity contribution >= 4 is 23.2 Å². The van der Waals surface area contributed by atoms with Gasteiger partial charge in [0.25, 0.3) is 0 Å². The lowest BCUT2D eigenvalue weighted by Gasteiger charge is -2.15. The van der Waals surface area contributed by atoms with Gasteiger partial charge in [-0.25, -0.2) is 0 Å². The van der Waals surface area contributed by atoms with E-state index in [0.717, 1.165) is 4.88 Å². The minimum atomic E-state index is -0.232. The van der Waals surface area contributed by atoms with E-state index in [1.165, 1.54) is 0 Å². The molecule has 104 valence electrons. The van der Waals surface area contributed by atoms with Crippen LogP contribution in [0, 0.1) is 5.92 Å². The molecule has 0 spiro atoms. The van der Waals surface area contributed by atoms with Crippen LogP contribution in [-0.2, 0) is 20.9 Å². The Kier molecular flexibility index (Phi) is 4.93. The second-order valence-corrected chi connectivity index (χ2v) is 5.56. The predicted octanol–water partition coefficient (Wildman–Crippen LogP) is 0.859. The first-order valence-corrected chi connectivity index (χ1v) is 7.15. The number of hydrogen-bond acceptors (Lipinski definition) is 4. The highest BCUT2D eigenvalue weighted by Gasteiger charge is 2.33. The van der Waals surface area contributed by atoms with Gasteiger partial charge in [-0.1, -0.05) is 6.07 Å². The summed E-state index contributed by atoms with van der Waals surface area (Å²) < 4.78 is 4.95. The Hall–Kier alpha value is -1.40. The van der Waals surface area contributed by atoms with Crippen LogP contribution in [0.1, 0.15) is 11.3 Å². The molecule has 0 bridgehead atoms. The first kappa shape index (κ1) is 14.0. The van der Waals surface area contributed by atoms with E-state index in [1.807, 2.05) is 17.5 Å². The number of rotatable bonds is 6. The molecule has 6 heteroatoms. The van der Waals surface area contributed by atoms with E-state index in [9.17, 15) is 9.59 Å². The molecule has 1 atom stereocenters. The summed E-state index contributed by atoms with van der Waals surface area (Å²) >= 11 is 1.61. The normalized spacial score (nSPS) is 18.9. The van der Waals surface area contributed by atoms with Crippen LogP contribution >= 0.6 is 11.3 Å². The topological polar surface area (TPSA) is 58.6 Å². The van der Waals surface area contributed by atoms with E-state index in [2.05, 4.69) is 5.32 Å². The van der Waals surface area contributed by atoms with Gasteiger partial charge in [0.1, 0.15) is 0 Å². The molecule has 19 heavy (non-hydrogen) atoms. The molecule has 0 radical (unpaired) electrons. The average molecular weight is 282 g/mol. The molecule has 1 saturated heterocycles. The number of amides is 2. The van der Waals surface area contributed by atoms with Crippen molar-refractivity contribution in [1.29, 1.82) is 0 Å². The Balaban J connectivity index is 1.79. The number of methoxy groups -OCH3 is 1. The molecule has 1 fully saturated rings. The van der Waals surface area contributed by atoms with E-state index in [-0.39, 0.29) is 17.7 Å². The number of carbonyl (C=O) groups is 2. The monoisotopic (exact) mass is 282 g/mol. The third-order valence-corrected chi connectivity index (χ3v) is 4.04. The minimum Gasteiger partial charge on any atom is -0.383 e. The maximum atomic E-state index is 12.0. The molecule has 0 aliphatic carbocycles. The summed E-state index contributed by atoms with van der Waals surface area (Å²) in [4.78, 5) is 26.5. The lowest BCUT2D eigenvalue weighted by molar-refractivity contribution is -0.129. The maximum Gasteiger partial charge on any atom is 0.225 e. The summed E-state index contributed by atoms with van der Waals surface area (Å²) in [7, 11) is 1.60. The molecule has 0 unspecified atom stereocenters. The van der Waals surface area contributed by atoms with Crippen LogP contribution in [0.25, 0.3) is 0 Å². The van der Waals surface area contributed by atoms with Gasteiger partial charge < -0.3 is 15.0 Å². The summed E-state index contributed by atoms with van der Waals surface area (Å²) in [5.41, 5.74) is 0. The average Bonchev–Trinajstić information content (AvgIpc) is 3.03. The lowest BCUT2D eigenvalue weighted by Crippen LogP contribution is -2.33. The van der Waals surface area contributed by atoms with Gasteiger partial charge in [-0.05, 0) is 11.4 Å². The number of carbonyl (C=O) groups excluding carboxylic acids is 2. The largest absolute Gasteiger partial charge is 0.383 e. The van der Waals surface area contributed by atoms with Crippen LogP contribution in [0.2, 0.25) is 0 Å². The van der Waals surface area contributed by atoms with Crippen LogP contribution in [-0.4, -0.2) is 43.5 Å². The van der Waals surface area contributed by atoms with E-state index < -0.39 is 0 Å². The zero-order chi connectivity index (χ0) is 13.7. The summed E-state index contributed by atoms with van der Waals surface area (Å²) in [6, 6.07) is 3.94. The van der Waals surface area contributed by atoms with Gasteiger partial charge >= 0.3 is 0 Å². The standard InChI is InChI=1S/C13H18N2O3S/c1-18-5-4-15-9-10(7-12(15)16)13(17)14-8-11-3-2-6-19-11/h2-3,6,10H,4-5,7-9H2,1H3,(H,14,17)/t10-/m1/s1. The van der Waals surface area contributed by atoms with Gasteiger partial charge in [-0.15, -0.1) is 11.3 Å². The quantitative estimate of drug-likeness (QED) is 0.842. The molecular formula is C13H18N2O3S. The Bertz CT molecular complexity index is 433. The molecule has 2 amide bonds. The molecule has 5 nitrogen and oxygen atoms in total. The first-order valence-electron chi connectivity index (χ1n) is 6.27. The molecular weight excluding hydrogens is 264 g/mol. The third kappa shape index (κ3) is 3.78. The van der Waals surface area contributed by atoms with Crippen LogP contribution in [0.3, 0.4) is 0 Å². The van der Waals surface area contributed by atoms with Crippen LogP contribution < -0.4 is 5.32 Å². The van der Waals surface area contributed by atoms with Gasteiger partial charge in [0.15, 0.2) is 0 Å². The van der Waals surface area contributed by atoms with E-state index in [4.69, 9.17) is 4.74 Å². The lowest BCUT2D eigenvalue weighted by atomic mass is 10.1. The molecule has 0 saturated carbocycles. The number of nitrogens with one attached hydrogen (secondary N) is 1.